The number of amides is 1. The van der Waals surface area contributed by atoms with Crippen molar-refractivity contribution in [3.05, 3.63) is 58.4 Å². The molecule has 3 rings (SSSR count). The maximum Gasteiger partial charge on any atom is 0.338 e. The molecule has 3 aromatic rings. The average Bonchev–Trinajstić information content (AvgIpc) is 3.13. The van der Waals surface area contributed by atoms with Crippen molar-refractivity contribution in [1.82, 2.24) is 4.57 Å². The minimum Gasteiger partial charge on any atom is -0.493 e. The Bertz CT molecular complexity index is 1290. The van der Waals surface area contributed by atoms with Crippen LogP contribution in [0.1, 0.15) is 22.8 Å². The fourth-order valence-corrected chi connectivity index (χ4v) is 4.07. The maximum absolute atomic E-state index is 12.5. The molecule has 8 heteroatoms. The minimum absolute atomic E-state index is 0.240. The van der Waals surface area contributed by atoms with E-state index in [4.69, 9.17) is 20.6 Å². The third-order valence-corrected chi connectivity index (χ3v) is 5.52. The van der Waals surface area contributed by atoms with E-state index >= 15 is 0 Å². The van der Waals surface area contributed by atoms with Gasteiger partial charge in [0.2, 0.25) is 0 Å². The molecule has 164 valence electrons. The molecule has 0 saturated carbocycles. The summed E-state index contributed by atoms with van der Waals surface area (Å²) in [6, 6.07) is 10.5. The number of terminal acetylenes is 1. The molecule has 2 aromatic carbocycles. The number of rotatable bonds is 7. The van der Waals surface area contributed by atoms with Crippen LogP contribution in [0.25, 0.3) is 16.3 Å². The standard InChI is InChI=1S/C24H22N2O5S/c1-5-13-26-18-10-9-17(23(28)31-6-2)15-21(18)32-24(26)25-22(27)12-8-16-7-11-19(29-3)20(14-16)30-4/h1,7-12,14-15H,6,13H2,2-4H3/b12-8-,25-24?. The van der Waals surface area contributed by atoms with Gasteiger partial charge in [-0.15, -0.1) is 6.42 Å². The summed E-state index contributed by atoms with van der Waals surface area (Å²) in [7, 11) is 3.10. The number of carbonyl (C=O) groups excluding carboxylic acids is 2. The Morgan fingerprint density at radius 1 is 1.16 bits per heavy atom. The molecule has 1 heterocycles. The van der Waals surface area contributed by atoms with E-state index in [1.165, 1.54) is 17.4 Å². The number of carbonyl (C=O) groups is 2. The number of esters is 1. The van der Waals surface area contributed by atoms with Crippen molar-refractivity contribution in [2.24, 2.45) is 4.99 Å². The van der Waals surface area contributed by atoms with Gasteiger partial charge >= 0.3 is 5.97 Å². The second-order valence-electron chi connectivity index (χ2n) is 6.48. The van der Waals surface area contributed by atoms with E-state index in [9.17, 15) is 9.59 Å². The highest BCUT2D eigenvalue weighted by molar-refractivity contribution is 7.16. The van der Waals surface area contributed by atoms with Crippen LogP contribution in [0.2, 0.25) is 0 Å². The van der Waals surface area contributed by atoms with Crippen LogP contribution in [0.4, 0.5) is 0 Å². The van der Waals surface area contributed by atoms with Gasteiger partial charge in [0, 0.05) is 6.08 Å². The Balaban J connectivity index is 1.94. The first kappa shape index (κ1) is 22.8. The molecule has 0 fully saturated rings. The number of hydrogen-bond donors (Lipinski definition) is 0. The maximum atomic E-state index is 12.5. The molecule has 0 N–H and O–H groups in total. The highest BCUT2D eigenvalue weighted by Crippen LogP contribution is 2.28. The van der Waals surface area contributed by atoms with E-state index < -0.39 is 11.9 Å². The molecule has 0 saturated heterocycles. The summed E-state index contributed by atoms with van der Waals surface area (Å²) in [6.07, 6.45) is 8.53. The smallest absolute Gasteiger partial charge is 0.338 e. The molecule has 0 spiro atoms. The summed E-state index contributed by atoms with van der Waals surface area (Å²) in [5, 5.41) is 0. The molecule has 0 radical (unpaired) electrons. The average molecular weight is 451 g/mol. The molecule has 1 aromatic heterocycles. The molecule has 7 nitrogen and oxygen atoms in total. The Labute approximate surface area is 189 Å². The minimum atomic E-state index is -0.442. The number of methoxy groups -OCH3 is 2. The molecule has 32 heavy (non-hydrogen) atoms. The summed E-state index contributed by atoms with van der Waals surface area (Å²) < 4.78 is 18.1. The first-order valence-electron chi connectivity index (χ1n) is 9.73. The summed E-state index contributed by atoms with van der Waals surface area (Å²) in [6.45, 7) is 2.28. The zero-order chi connectivity index (χ0) is 23.1. The van der Waals surface area contributed by atoms with Gasteiger partial charge in [-0.25, -0.2) is 4.79 Å². The summed E-state index contributed by atoms with van der Waals surface area (Å²) in [5.74, 6) is 2.90. The van der Waals surface area contributed by atoms with Gasteiger partial charge in [0.05, 0.1) is 43.2 Å². The molecule has 0 unspecified atom stereocenters. The lowest BCUT2D eigenvalue weighted by molar-refractivity contribution is -0.113. The highest BCUT2D eigenvalue weighted by Gasteiger charge is 2.12. The summed E-state index contributed by atoms with van der Waals surface area (Å²) in [5.41, 5.74) is 1.98. The van der Waals surface area contributed by atoms with E-state index in [0.717, 1.165) is 15.8 Å². The third kappa shape index (κ3) is 5.07. The Morgan fingerprint density at radius 3 is 2.62 bits per heavy atom. The van der Waals surface area contributed by atoms with Gasteiger partial charge < -0.3 is 18.8 Å². The monoisotopic (exact) mass is 450 g/mol. The lowest BCUT2D eigenvalue weighted by Crippen LogP contribution is -2.15. The molecule has 0 atom stereocenters. The zero-order valence-corrected chi connectivity index (χ0v) is 18.8. The van der Waals surface area contributed by atoms with Crippen molar-refractivity contribution in [1.29, 1.82) is 0 Å². The number of aromatic nitrogens is 1. The number of nitrogens with zero attached hydrogens (tertiary/aromatic N) is 2. The van der Waals surface area contributed by atoms with Crippen LogP contribution in [0.3, 0.4) is 0 Å². The molecule has 1 amide bonds. The van der Waals surface area contributed by atoms with Crippen molar-refractivity contribution in [2.45, 2.75) is 13.5 Å². The van der Waals surface area contributed by atoms with Crippen LogP contribution in [-0.2, 0) is 16.1 Å². The summed E-state index contributed by atoms with van der Waals surface area (Å²) >= 11 is 1.28. The third-order valence-electron chi connectivity index (χ3n) is 4.48. The van der Waals surface area contributed by atoms with Gasteiger partial charge in [0.1, 0.15) is 0 Å². The van der Waals surface area contributed by atoms with Crippen molar-refractivity contribution < 1.29 is 23.8 Å². The predicted molar refractivity (Wildman–Crippen MR) is 124 cm³/mol. The molecule has 0 bridgehead atoms. The number of benzene rings is 2. The molecule has 0 aliphatic rings. The Hall–Kier alpha value is -3.83. The van der Waals surface area contributed by atoms with E-state index in [-0.39, 0.29) is 6.54 Å². The molecular formula is C24H22N2O5S. The van der Waals surface area contributed by atoms with E-state index in [1.54, 1.807) is 68.2 Å². The fourth-order valence-electron chi connectivity index (χ4n) is 3.00. The van der Waals surface area contributed by atoms with Gasteiger partial charge in [0.25, 0.3) is 5.91 Å². The Morgan fingerprint density at radius 2 is 1.94 bits per heavy atom. The van der Waals surface area contributed by atoms with Gasteiger partial charge in [0.15, 0.2) is 16.3 Å². The summed E-state index contributed by atoms with van der Waals surface area (Å²) in [4.78, 5) is 29.2. The van der Waals surface area contributed by atoms with Gasteiger partial charge in [-0.3, -0.25) is 4.79 Å². The first-order chi connectivity index (χ1) is 15.5. The Kier molecular flexibility index (Phi) is 7.47. The SMILES string of the molecule is C#CCn1c(=NC(=O)/C=C\c2ccc(OC)c(OC)c2)sc2cc(C(=O)OCC)ccc21. The van der Waals surface area contributed by atoms with Crippen LogP contribution in [0, 0.1) is 12.3 Å². The lowest BCUT2D eigenvalue weighted by Gasteiger charge is -2.07. The second kappa shape index (κ2) is 10.5. The largest absolute Gasteiger partial charge is 0.493 e. The quantitative estimate of drug-likeness (QED) is 0.312. The van der Waals surface area contributed by atoms with Crippen molar-refractivity contribution in [2.75, 3.05) is 20.8 Å². The van der Waals surface area contributed by atoms with Gasteiger partial charge in [-0.05, 0) is 48.9 Å². The molecular weight excluding hydrogens is 428 g/mol. The van der Waals surface area contributed by atoms with Crippen molar-refractivity contribution >= 4 is 39.5 Å². The number of thiazole rings is 1. The van der Waals surface area contributed by atoms with E-state index in [0.29, 0.717) is 28.5 Å². The van der Waals surface area contributed by atoms with Gasteiger partial charge in [-0.2, -0.15) is 4.99 Å². The van der Waals surface area contributed by atoms with Crippen LogP contribution >= 0.6 is 11.3 Å². The van der Waals surface area contributed by atoms with Crippen LogP contribution in [0.5, 0.6) is 11.5 Å². The topological polar surface area (TPSA) is 79.1 Å². The first-order valence-corrected chi connectivity index (χ1v) is 10.5. The van der Waals surface area contributed by atoms with E-state index in [1.807, 2.05) is 0 Å². The predicted octanol–water partition coefficient (Wildman–Crippen LogP) is 3.67. The number of ether oxygens (including phenoxy) is 3. The van der Waals surface area contributed by atoms with Crippen molar-refractivity contribution in [3.8, 4) is 23.8 Å². The lowest BCUT2D eigenvalue weighted by atomic mass is 10.2. The second-order valence-corrected chi connectivity index (χ2v) is 7.48. The van der Waals surface area contributed by atoms with Gasteiger partial charge in [-0.1, -0.05) is 23.3 Å². The zero-order valence-electron chi connectivity index (χ0n) is 18.0. The van der Waals surface area contributed by atoms with Crippen LogP contribution in [-0.4, -0.2) is 37.3 Å². The molecule has 0 aliphatic carbocycles. The van der Waals surface area contributed by atoms with Crippen molar-refractivity contribution in [3.63, 3.8) is 0 Å². The number of fused-ring (bicyclic) bond motifs is 1. The molecule has 0 aliphatic heterocycles. The fraction of sp³-hybridized carbons (Fsp3) is 0.208. The van der Waals surface area contributed by atoms with E-state index in [2.05, 4.69) is 10.9 Å². The highest BCUT2D eigenvalue weighted by atomic mass is 32.1. The van der Waals surface area contributed by atoms with Crippen LogP contribution in [0.15, 0.2) is 47.5 Å². The normalized spacial score (nSPS) is 11.5. The number of hydrogen-bond acceptors (Lipinski definition) is 6. The van der Waals surface area contributed by atoms with Crippen LogP contribution < -0.4 is 14.3 Å².